The maximum absolute atomic E-state index is 11.3. The molecule has 0 saturated heterocycles. The van der Waals surface area contributed by atoms with E-state index in [4.69, 9.17) is 0 Å². The first-order valence-electron chi connectivity index (χ1n) is 6.37. The number of hydrogen-bond donors (Lipinski definition) is 1. The minimum atomic E-state index is -0.951. The monoisotopic (exact) mass is 260 g/mol. The predicted octanol–water partition coefficient (Wildman–Crippen LogP) is 1.95. The summed E-state index contributed by atoms with van der Waals surface area (Å²) in [7, 11) is 1.80. The molecule has 2 aromatic heterocycles. The highest BCUT2D eigenvalue weighted by molar-refractivity contribution is 5.94. The second-order valence-electron chi connectivity index (χ2n) is 5.16. The third-order valence-electron chi connectivity index (χ3n) is 3.66. The van der Waals surface area contributed by atoms with Gasteiger partial charge in [0.2, 0.25) is 0 Å². The van der Waals surface area contributed by atoms with E-state index in [9.17, 15) is 9.90 Å². The van der Waals surface area contributed by atoms with Crippen LogP contribution in [0.25, 0.3) is 11.3 Å². The van der Waals surface area contributed by atoms with E-state index in [2.05, 4.69) is 17.1 Å². The molecule has 1 aliphatic rings. The van der Waals surface area contributed by atoms with Crippen molar-refractivity contribution >= 4 is 5.97 Å². The quantitative estimate of drug-likeness (QED) is 0.912. The minimum absolute atomic E-state index is 0.237. The molecule has 100 valence electrons. The van der Waals surface area contributed by atoms with Crippen LogP contribution in [0.15, 0.2) is 18.6 Å². The minimum Gasteiger partial charge on any atom is -0.478 e. The van der Waals surface area contributed by atoms with Crippen molar-refractivity contribution in [2.75, 3.05) is 0 Å². The van der Waals surface area contributed by atoms with Crippen LogP contribution in [0.2, 0.25) is 0 Å². The molecule has 0 amide bonds. The SMILES string of the molecule is CC(C1CC1)n1cc(C(=O)O)c(-c2cnn(C)c2)n1. The van der Waals surface area contributed by atoms with Gasteiger partial charge >= 0.3 is 5.97 Å². The molecule has 19 heavy (non-hydrogen) atoms. The summed E-state index contributed by atoms with van der Waals surface area (Å²) in [4.78, 5) is 11.3. The summed E-state index contributed by atoms with van der Waals surface area (Å²) >= 11 is 0. The Hall–Kier alpha value is -2.11. The number of hydrogen-bond acceptors (Lipinski definition) is 3. The first-order valence-corrected chi connectivity index (χ1v) is 6.37. The molecular formula is C13H16N4O2. The Morgan fingerprint density at radius 3 is 2.74 bits per heavy atom. The van der Waals surface area contributed by atoms with Crippen molar-refractivity contribution in [3.63, 3.8) is 0 Å². The highest BCUT2D eigenvalue weighted by atomic mass is 16.4. The van der Waals surface area contributed by atoms with Crippen molar-refractivity contribution in [3.05, 3.63) is 24.2 Å². The Morgan fingerprint density at radius 1 is 1.47 bits per heavy atom. The number of carboxylic acids is 1. The van der Waals surface area contributed by atoms with E-state index >= 15 is 0 Å². The molecule has 1 unspecified atom stereocenters. The number of aromatic carboxylic acids is 1. The lowest BCUT2D eigenvalue weighted by Gasteiger charge is -2.09. The molecule has 2 aromatic rings. The van der Waals surface area contributed by atoms with Gasteiger partial charge in [-0.2, -0.15) is 10.2 Å². The molecule has 1 aliphatic carbocycles. The Bertz CT molecular complexity index is 624. The molecule has 1 N–H and O–H groups in total. The fraction of sp³-hybridized carbons (Fsp3) is 0.462. The largest absolute Gasteiger partial charge is 0.478 e. The summed E-state index contributed by atoms with van der Waals surface area (Å²) < 4.78 is 3.42. The highest BCUT2D eigenvalue weighted by Crippen LogP contribution is 2.39. The van der Waals surface area contributed by atoms with Crippen molar-refractivity contribution in [1.29, 1.82) is 0 Å². The van der Waals surface area contributed by atoms with Crippen LogP contribution >= 0.6 is 0 Å². The number of aryl methyl sites for hydroxylation is 1. The van der Waals surface area contributed by atoms with E-state index in [-0.39, 0.29) is 11.6 Å². The van der Waals surface area contributed by atoms with Gasteiger partial charge in [0.15, 0.2) is 0 Å². The molecule has 1 fully saturated rings. The normalized spacial score (nSPS) is 16.5. The molecule has 0 bridgehead atoms. The molecule has 1 saturated carbocycles. The molecule has 0 aliphatic heterocycles. The van der Waals surface area contributed by atoms with Gasteiger partial charge in [-0.05, 0) is 25.7 Å². The molecule has 0 spiro atoms. The Balaban J connectivity index is 2.04. The zero-order valence-electron chi connectivity index (χ0n) is 10.9. The summed E-state index contributed by atoms with van der Waals surface area (Å²) in [6.07, 6.45) is 7.45. The van der Waals surface area contributed by atoms with Crippen molar-refractivity contribution < 1.29 is 9.90 Å². The number of carbonyl (C=O) groups is 1. The molecular weight excluding hydrogens is 244 g/mol. The van der Waals surface area contributed by atoms with Crippen LogP contribution < -0.4 is 0 Å². The Labute approximate surface area is 110 Å². The number of rotatable bonds is 4. The summed E-state index contributed by atoms with van der Waals surface area (Å²) in [5, 5.41) is 17.8. The Kier molecular flexibility index (Phi) is 2.66. The smallest absolute Gasteiger partial charge is 0.339 e. The van der Waals surface area contributed by atoms with Crippen molar-refractivity contribution in [2.24, 2.45) is 13.0 Å². The van der Waals surface area contributed by atoms with Gasteiger partial charge in [-0.25, -0.2) is 4.79 Å². The summed E-state index contributed by atoms with van der Waals surface area (Å²) in [6, 6.07) is 0.253. The van der Waals surface area contributed by atoms with Gasteiger partial charge in [-0.15, -0.1) is 0 Å². The lowest BCUT2D eigenvalue weighted by molar-refractivity contribution is 0.0697. The second-order valence-corrected chi connectivity index (χ2v) is 5.16. The molecule has 0 aromatic carbocycles. The maximum atomic E-state index is 11.3. The van der Waals surface area contributed by atoms with Gasteiger partial charge in [0.1, 0.15) is 11.3 Å². The lowest BCUT2D eigenvalue weighted by atomic mass is 10.1. The molecule has 1 atom stereocenters. The van der Waals surface area contributed by atoms with E-state index in [1.807, 2.05) is 0 Å². The van der Waals surface area contributed by atoms with Crippen molar-refractivity contribution in [2.45, 2.75) is 25.8 Å². The number of nitrogens with zero attached hydrogens (tertiary/aromatic N) is 4. The first kappa shape index (κ1) is 12.0. The molecule has 6 nitrogen and oxygen atoms in total. The van der Waals surface area contributed by atoms with Crippen LogP contribution in [0, 0.1) is 5.92 Å². The topological polar surface area (TPSA) is 72.9 Å². The van der Waals surface area contributed by atoms with E-state index in [1.54, 1.807) is 35.0 Å². The van der Waals surface area contributed by atoms with Crippen LogP contribution in [-0.4, -0.2) is 30.6 Å². The zero-order chi connectivity index (χ0) is 13.6. The van der Waals surface area contributed by atoms with E-state index in [0.717, 1.165) is 5.56 Å². The average molecular weight is 260 g/mol. The average Bonchev–Trinajstić information content (AvgIpc) is 2.96. The van der Waals surface area contributed by atoms with Crippen LogP contribution in [-0.2, 0) is 7.05 Å². The lowest BCUT2D eigenvalue weighted by Crippen LogP contribution is -2.07. The maximum Gasteiger partial charge on any atom is 0.339 e. The fourth-order valence-corrected chi connectivity index (χ4v) is 2.31. The predicted molar refractivity (Wildman–Crippen MR) is 68.8 cm³/mol. The van der Waals surface area contributed by atoms with Gasteiger partial charge in [0, 0.05) is 25.0 Å². The first-order chi connectivity index (χ1) is 9.06. The van der Waals surface area contributed by atoms with E-state index in [0.29, 0.717) is 11.6 Å². The van der Waals surface area contributed by atoms with Gasteiger partial charge < -0.3 is 5.11 Å². The second kappa shape index (κ2) is 4.22. The van der Waals surface area contributed by atoms with E-state index in [1.165, 1.54) is 12.8 Å². The standard InChI is InChI=1S/C13H16N4O2/c1-8(9-3-4-9)17-7-11(13(18)19)12(15-17)10-5-14-16(2)6-10/h5-9H,3-4H2,1-2H3,(H,18,19). The molecule has 2 heterocycles. The van der Waals surface area contributed by atoms with Crippen molar-refractivity contribution in [3.8, 4) is 11.3 Å². The van der Waals surface area contributed by atoms with Crippen LogP contribution in [0.5, 0.6) is 0 Å². The highest BCUT2D eigenvalue weighted by Gasteiger charge is 2.31. The van der Waals surface area contributed by atoms with E-state index < -0.39 is 5.97 Å². The van der Waals surface area contributed by atoms with Gasteiger partial charge in [0.25, 0.3) is 0 Å². The Morgan fingerprint density at radius 2 is 2.21 bits per heavy atom. The third-order valence-corrected chi connectivity index (χ3v) is 3.66. The summed E-state index contributed by atoms with van der Waals surface area (Å²) in [5.74, 6) is -0.323. The number of carboxylic acid groups (broad SMARTS) is 1. The fourth-order valence-electron chi connectivity index (χ4n) is 2.31. The summed E-state index contributed by atoms with van der Waals surface area (Å²) in [6.45, 7) is 2.09. The van der Waals surface area contributed by atoms with Crippen LogP contribution in [0.3, 0.4) is 0 Å². The number of aromatic nitrogens is 4. The summed E-state index contributed by atoms with van der Waals surface area (Å²) in [5.41, 5.74) is 1.47. The van der Waals surface area contributed by atoms with Crippen molar-refractivity contribution in [1.82, 2.24) is 19.6 Å². The van der Waals surface area contributed by atoms with Gasteiger partial charge in [-0.1, -0.05) is 0 Å². The van der Waals surface area contributed by atoms with Gasteiger partial charge in [0.05, 0.1) is 12.2 Å². The molecule has 0 radical (unpaired) electrons. The van der Waals surface area contributed by atoms with Crippen LogP contribution in [0.4, 0.5) is 0 Å². The molecule has 6 heteroatoms. The van der Waals surface area contributed by atoms with Crippen LogP contribution in [0.1, 0.15) is 36.2 Å². The zero-order valence-corrected chi connectivity index (χ0v) is 10.9. The molecule has 3 rings (SSSR count). The van der Waals surface area contributed by atoms with Gasteiger partial charge in [-0.3, -0.25) is 9.36 Å². The third kappa shape index (κ3) is 2.14.